The van der Waals surface area contributed by atoms with Gasteiger partial charge in [-0.25, -0.2) is 4.99 Å². The Labute approximate surface area is 149 Å². The van der Waals surface area contributed by atoms with Crippen LogP contribution in [0.3, 0.4) is 0 Å². The van der Waals surface area contributed by atoms with Gasteiger partial charge in [0.1, 0.15) is 0 Å². The van der Waals surface area contributed by atoms with E-state index < -0.39 is 0 Å². The third-order valence-corrected chi connectivity index (χ3v) is 4.59. The van der Waals surface area contributed by atoms with Crippen molar-refractivity contribution >= 4 is 5.96 Å². The monoisotopic (exact) mass is 332 g/mol. The van der Waals surface area contributed by atoms with Crippen LogP contribution in [0.15, 0.2) is 59.6 Å². The number of hydrogen-bond donors (Lipinski definition) is 1. The quantitative estimate of drug-likeness (QED) is 0.688. The van der Waals surface area contributed by atoms with E-state index in [0.29, 0.717) is 18.0 Å². The minimum atomic E-state index is 0.569. The van der Waals surface area contributed by atoms with E-state index in [-0.39, 0.29) is 0 Å². The van der Waals surface area contributed by atoms with Crippen molar-refractivity contribution < 1.29 is 0 Å². The van der Waals surface area contributed by atoms with Crippen LogP contribution in [-0.2, 0) is 6.54 Å². The highest BCUT2D eigenvalue weighted by Crippen LogP contribution is 2.26. The standard InChI is InChI=1S/C21H24N4/c1-2-23-21(24-15-18-10-8-17(14-22)9-11-18)25-13-12-20(16-25)19-6-4-3-5-7-19/h3-11,20H,2,12-13,15-16H2,1H3,(H,23,24). The summed E-state index contributed by atoms with van der Waals surface area (Å²) < 4.78 is 0. The lowest BCUT2D eigenvalue weighted by atomic mass is 9.99. The van der Waals surface area contributed by atoms with Gasteiger partial charge in [0, 0.05) is 25.6 Å². The molecule has 0 spiro atoms. The Morgan fingerprint density at radius 1 is 1.20 bits per heavy atom. The summed E-state index contributed by atoms with van der Waals surface area (Å²) in [5.41, 5.74) is 3.21. The topological polar surface area (TPSA) is 51.4 Å². The number of rotatable bonds is 4. The van der Waals surface area contributed by atoms with Crippen molar-refractivity contribution in [3.63, 3.8) is 0 Å². The van der Waals surface area contributed by atoms with Gasteiger partial charge in [0.05, 0.1) is 18.2 Å². The van der Waals surface area contributed by atoms with Gasteiger partial charge in [0.2, 0.25) is 0 Å². The Balaban J connectivity index is 1.67. The molecule has 1 heterocycles. The molecule has 0 radical (unpaired) electrons. The van der Waals surface area contributed by atoms with Crippen LogP contribution in [0.5, 0.6) is 0 Å². The zero-order chi connectivity index (χ0) is 17.5. The van der Waals surface area contributed by atoms with Crippen LogP contribution >= 0.6 is 0 Å². The first-order valence-electron chi connectivity index (χ1n) is 8.87. The number of guanidine groups is 1. The fraction of sp³-hybridized carbons (Fsp3) is 0.333. The SMILES string of the molecule is CCNC(=NCc1ccc(C#N)cc1)N1CCC(c2ccccc2)C1. The predicted molar refractivity (Wildman–Crippen MR) is 101 cm³/mol. The number of hydrogen-bond acceptors (Lipinski definition) is 2. The van der Waals surface area contributed by atoms with E-state index in [1.54, 1.807) is 0 Å². The van der Waals surface area contributed by atoms with Crippen molar-refractivity contribution in [2.45, 2.75) is 25.8 Å². The molecule has 1 aliphatic heterocycles. The first-order chi connectivity index (χ1) is 12.3. The van der Waals surface area contributed by atoms with Crippen molar-refractivity contribution in [2.75, 3.05) is 19.6 Å². The molecular formula is C21H24N4. The number of nitrogens with zero attached hydrogens (tertiary/aromatic N) is 3. The van der Waals surface area contributed by atoms with Gasteiger partial charge in [0.25, 0.3) is 0 Å². The van der Waals surface area contributed by atoms with E-state index in [1.165, 1.54) is 5.56 Å². The van der Waals surface area contributed by atoms with Crippen LogP contribution < -0.4 is 5.32 Å². The van der Waals surface area contributed by atoms with Crippen molar-refractivity contribution in [3.05, 3.63) is 71.3 Å². The Kier molecular flexibility index (Phi) is 5.69. The lowest BCUT2D eigenvalue weighted by Gasteiger charge is -2.21. The first kappa shape index (κ1) is 17.0. The predicted octanol–water partition coefficient (Wildman–Crippen LogP) is 3.51. The van der Waals surface area contributed by atoms with Crippen molar-refractivity contribution in [3.8, 4) is 6.07 Å². The molecule has 1 saturated heterocycles. The number of benzene rings is 2. The highest BCUT2D eigenvalue weighted by atomic mass is 15.3. The molecule has 0 aromatic heterocycles. The molecule has 2 aromatic carbocycles. The van der Waals surface area contributed by atoms with Gasteiger partial charge in [-0.2, -0.15) is 5.26 Å². The van der Waals surface area contributed by atoms with Gasteiger partial charge in [-0.05, 0) is 36.6 Å². The molecule has 0 amide bonds. The summed E-state index contributed by atoms with van der Waals surface area (Å²) in [5.74, 6) is 1.55. The molecule has 1 aliphatic rings. The van der Waals surface area contributed by atoms with Crippen LogP contribution in [0.25, 0.3) is 0 Å². The normalized spacial score (nSPS) is 17.4. The summed E-state index contributed by atoms with van der Waals surface area (Å²) in [4.78, 5) is 7.15. The van der Waals surface area contributed by atoms with Crippen LogP contribution in [-0.4, -0.2) is 30.5 Å². The summed E-state index contributed by atoms with van der Waals surface area (Å²) in [7, 11) is 0. The van der Waals surface area contributed by atoms with Gasteiger partial charge in [-0.1, -0.05) is 42.5 Å². The smallest absolute Gasteiger partial charge is 0.194 e. The number of likely N-dealkylation sites (tertiary alicyclic amines) is 1. The third-order valence-electron chi connectivity index (χ3n) is 4.59. The number of aliphatic imine (C=N–C) groups is 1. The largest absolute Gasteiger partial charge is 0.357 e. The van der Waals surface area contributed by atoms with Gasteiger partial charge in [-0.15, -0.1) is 0 Å². The average molecular weight is 332 g/mol. The Bertz CT molecular complexity index is 744. The Morgan fingerprint density at radius 3 is 2.64 bits per heavy atom. The molecule has 1 N–H and O–H groups in total. The van der Waals surface area contributed by atoms with Gasteiger partial charge in [-0.3, -0.25) is 0 Å². The maximum absolute atomic E-state index is 8.88. The molecule has 2 aromatic rings. The fourth-order valence-electron chi connectivity index (χ4n) is 3.23. The second-order valence-corrected chi connectivity index (χ2v) is 6.32. The van der Waals surface area contributed by atoms with Crippen molar-refractivity contribution in [1.29, 1.82) is 5.26 Å². The Morgan fingerprint density at radius 2 is 1.96 bits per heavy atom. The zero-order valence-corrected chi connectivity index (χ0v) is 14.7. The molecule has 4 nitrogen and oxygen atoms in total. The maximum atomic E-state index is 8.88. The van der Waals surface area contributed by atoms with Crippen LogP contribution in [0, 0.1) is 11.3 Å². The van der Waals surface area contributed by atoms with Crippen LogP contribution in [0.4, 0.5) is 0 Å². The van der Waals surface area contributed by atoms with Crippen LogP contribution in [0.1, 0.15) is 36.0 Å². The molecule has 3 rings (SSSR count). The molecule has 0 bridgehead atoms. The summed E-state index contributed by atoms with van der Waals surface area (Å²) in [6, 6.07) is 20.5. The molecule has 0 saturated carbocycles. The molecule has 4 heteroatoms. The molecule has 128 valence electrons. The van der Waals surface area contributed by atoms with Gasteiger partial charge in [0.15, 0.2) is 5.96 Å². The van der Waals surface area contributed by atoms with E-state index in [0.717, 1.165) is 37.6 Å². The molecule has 1 fully saturated rings. The molecule has 25 heavy (non-hydrogen) atoms. The third kappa shape index (κ3) is 4.39. The summed E-state index contributed by atoms with van der Waals surface area (Å²) in [6.45, 7) is 5.61. The Hall–Kier alpha value is -2.80. The second kappa shape index (κ2) is 8.34. The van der Waals surface area contributed by atoms with E-state index in [9.17, 15) is 0 Å². The molecular weight excluding hydrogens is 308 g/mol. The van der Waals surface area contributed by atoms with Crippen molar-refractivity contribution in [1.82, 2.24) is 10.2 Å². The second-order valence-electron chi connectivity index (χ2n) is 6.32. The van der Waals surface area contributed by atoms with Crippen molar-refractivity contribution in [2.24, 2.45) is 4.99 Å². The van der Waals surface area contributed by atoms with Gasteiger partial charge < -0.3 is 10.2 Å². The maximum Gasteiger partial charge on any atom is 0.194 e. The van der Waals surface area contributed by atoms with Gasteiger partial charge >= 0.3 is 0 Å². The highest BCUT2D eigenvalue weighted by molar-refractivity contribution is 5.80. The fourth-order valence-corrected chi connectivity index (χ4v) is 3.23. The summed E-state index contributed by atoms with van der Waals surface area (Å²) in [5, 5.41) is 12.3. The first-order valence-corrected chi connectivity index (χ1v) is 8.87. The molecule has 1 unspecified atom stereocenters. The van der Waals surface area contributed by atoms with E-state index >= 15 is 0 Å². The highest BCUT2D eigenvalue weighted by Gasteiger charge is 2.25. The average Bonchev–Trinajstić information content (AvgIpc) is 3.16. The minimum Gasteiger partial charge on any atom is -0.357 e. The lowest BCUT2D eigenvalue weighted by Crippen LogP contribution is -2.40. The lowest BCUT2D eigenvalue weighted by molar-refractivity contribution is 0.486. The molecule has 0 aliphatic carbocycles. The molecule has 1 atom stereocenters. The van der Waals surface area contributed by atoms with E-state index in [1.807, 2.05) is 24.3 Å². The zero-order valence-electron chi connectivity index (χ0n) is 14.7. The number of nitrogens with one attached hydrogen (secondary N) is 1. The van der Waals surface area contributed by atoms with Crippen LogP contribution in [0.2, 0.25) is 0 Å². The summed E-state index contributed by atoms with van der Waals surface area (Å²) in [6.07, 6.45) is 1.16. The summed E-state index contributed by atoms with van der Waals surface area (Å²) >= 11 is 0. The minimum absolute atomic E-state index is 0.569. The van der Waals surface area contributed by atoms with E-state index in [2.05, 4.69) is 53.5 Å². The number of nitriles is 1. The van der Waals surface area contributed by atoms with E-state index in [4.69, 9.17) is 10.3 Å².